The molecule has 9 heteroatoms. The molecular weight excluding hydrogens is 318 g/mol. The smallest absolute Gasteiger partial charge is 0.448 e. The first-order chi connectivity index (χ1) is 9.88. The Balaban J connectivity index is 2.45. The molecule has 0 atom stereocenters. The summed E-state index contributed by atoms with van der Waals surface area (Å²) in [5.74, 6) is -0.331. The quantitative estimate of drug-likeness (QED) is 0.807. The van der Waals surface area contributed by atoms with Gasteiger partial charge in [-0.05, 0) is 18.4 Å². The first-order valence-corrected chi connectivity index (χ1v) is 8.22. The van der Waals surface area contributed by atoms with Gasteiger partial charge in [0.05, 0.1) is 17.7 Å². The molecule has 0 saturated heterocycles. The average molecular weight is 331 g/mol. The molecule has 7 nitrogen and oxygen atoms in total. The van der Waals surface area contributed by atoms with Gasteiger partial charge in [-0.15, -0.1) is 11.8 Å². The van der Waals surface area contributed by atoms with Gasteiger partial charge in [0, 0.05) is 12.1 Å². The molecule has 2 N–H and O–H groups in total. The number of aromatic hydroxyl groups is 2. The maximum atomic E-state index is 11.2. The molecule has 0 aliphatic heterocycles. The second-order valence-corrected chi connectivity index (χ2v) is 6.05. The largest absolute Gasteiger partial charge is 0.494 e. The molecule has 0 bridgehead atoms. The van der Waals surface area contributed by atoms with E-state index in [0.29, 0.717) is 10.6 Å². The van der Waals surface area contributed by atoms with Gasteiger partial charge in [0.25, 0.3) is 0 Å². The summed E-state index contributed by atoms with van der Waals surface area (Å²) in [6.07, 6.45) is 1.75. The Bertz CT molecular complexity index is 753. The van der Waals surface area contributed by atoms with Crippen molar-refractivity contribution in [3.63, 3.8) is 0 Å². The van der Waals surface area contributed by atoms with Crippen LogP contribution in [0.5, 0.6) is 17.5 Å². The number of hydrogen-bond donors (Lipinski definition) is 2. The van der Waals surface area contributed by atoms with Crippen molar-refractivity contribution in [1.82, 2.24) is 4.57 Å². The van der Waals surface area contributed by atoms with Crippen LogP contribution in [0, 0.1) is 0 Å². The number of nitrogens with zero attached hydrogens (tertiary/aromatic N) is 1. The summed E-state index contributed by atoms with van der Waals surface area (Å²) in [6, 6.07) is 7.26. The second-order valence-electron chi connectivity index (χ2n) is 3.89. The number of benzene rings is 1. The molecule has 0 aliphatic rings. The Kier molecular flexibility index (Phi) is 4.35. The molecule has 1 aromatic heterocycles. The van der Waals surface area contributed by atoms with E-state index in [9.17, 15) is 18.6 Å². The molecule has 0 fully saturated rings. The zero-order valence-electron chi connectivity index (χ0n) is 11.2. The fraction of sp³-hybridized carbons (Fsp3) is 0.167. The lowest BCUT2D eigenvalue weighted by molar-refractivity contribution is 0.330. The molecule has 114 valence electrons. The molecular formula is C12H13NO6S2. The predicted molar refractivity (Wildman–Crippen MR) is 77.4 cm³/mol. The van der Waals surface area contributed by atoms with Gasteiger partial charge in [0.2, 0.25) is 5.88 Å². The van der Waals surface area contributed by atoms with Crippen molar-refractivity contribution >= 4 is 22.2 Å². The molecule has 1 aromatic carbocycles. The minimum atomic E-state index is -4.13. The summed E-state index contributed by atoms with van der Waals surface area (Å²) in [5.41, 5.74) is 0.342. The zero-order valence-corrected chi connectivity index (χ0v) is 12.8. The van der Waals surface area contributed by atoms with Crippen molar-refractivity contribution in [3.8, 4) is 23.2 Å². The van der Waals surface area contributed by atoms with Crippen LogP contribution >= 0.6 is 11.8 Å². The summed E-state index contributed by atoms with van der Waals surface area (Å²) in [5, 5.41) is 19.9. The predicted octanol–water partition coefficient (Wildman–Crippen LogP) is 1.88. The Labute approximate surface area is 126 Å². The Morgan fingerprint density at radius 2 is 1.95 bits per heavy atom. The number of aromatic nitrogens is 1. The third-order valence-electron chi connectivity index (χ3n) is 2.62. The third kappa shape index (κ3) is 3.26. The van der Waals surface area contributed by atoms with Gasteiger partial charge in [-0.1, -0.05) is 6.07 Å². The lowest BCUT2D eigenvalue weighted by Gasteiger charge is -2.09. The first-order valence-electron chi connectivity index (χ1n) is 5.66. The number of hydrogen-bond acceptors (Lipinski definition) is 7. The molecule has 0 amide bonds. The molecule has 0 unspecified atom stereocenters. The monoisotopic (exact) mass is 331 g/mol. The van der Waals surface area contributed by atoms with E-state index < -0.39 is 10.4 Å². The normalized spacial score (nSPS) is 11.5. The zero-order chi connectivity index (χ0) is 15.6. The summed E-state index contributed by atoms with van der Waals surface area (Å²) < 4.78 is 32.6. The molecule has 0 spiro atoms. The van der Waals surface area contributed by atoms with Crippen molar-refractivity contribution < 1.29 is 27.0 Å². The van der Waals surface area contributed by atoms with Crippen LogP contribution in [0.15, 0.2) is 35.2 Å². The Hall–Kier alpha value is -1.84. The van der Waals surface area contributed by atoms with Gasteiger partial charge < -0.3 is 14.4 Å². The number of thioether (sulfide) groups is 1. The highest BCUT2D eigenvalue weighted by atomic mass is 32.3. The fourth-order valence-corrected chi connectivity index (χ4v) is 2.60. The fourth-order valence-electron chi connectivity index (χ4n) is 1.70. The molecule has 0 radical (unpaired) electrons. The average Bonchev–Trinajstić information content (AvgIpc) is 2.73. The highest BCUT2D eigenvalue weighted by molar-refractivity contribution is 7.98. The van der Waals surface area contributed by atoms with Crippen molar-refractivity contribution in [1.29, 1.82) is 0 Å². The lowest BCUT2D eigenvalue weighted by atomic mass is 10.3. The van der Waals surface area contributed by atoms with Gasteiger partial charge in [-0.25, -0.2) is 4.18 Å². The van der Waals surface area contributed by atoms with Crippen molar-refractivity contribution in [2.24, 2.45) is 0 Å². The molecule has 0 saturated carbocycles. The van der Waals surface area contributed by atoms with Crippen LogP contribution in [0.2, 0.25) is 0 Å². The maximum Gasteiger partial charge on any atom is 0.448 e. The Morgan fingerprint density at radius 1 is 1.24 bits per heavy atom. The molecule has 0 aliphatic carbocycles. The van der Waals surface area contributed by atoms with E-state index in [-0.39, 0.29) is 17.5 Å². The molecule has 1 heterocycles. The van der Waals surface area contributed by atoms with Crippen LogP contribution in [0.25, 0.3) is 5.69 Å². The highest BCUT2D eigenvalue weighted by Gasteiger charge is 2.16. The van der Waals surface area contributed by atoms with Crippen LogP contribution in [0.1, 0.15) is 0 Å². The molecule has 2 aromatic rings. The van der Waals surface area contributed by atoms with Crippen LogP contribution in [-0.4, -0.2) is 36.6 Å². The van der Waals surface area contributed by atoms with Gasteiger partial charge in [-0.2, -0.15) is 8.42 Å². The standard InChI is InChI=1S/C12H13NO6S2/c1-18-21(16,17)19-9-5-3-4-8(6-9)13-11(14)7-10(20-2)12(13)15/h3-7,14-15H,1-2H3. The summed E-state index contributed by atoms with van der Waals surface area (Å²) in [6.45, 7) is 0. The first kappa shape index (κ1) is 15.5. The Morgan fingerprint density at radius 3 is 2.52 bits per heavy atom. The van der Waals surface area contributed by atoms with Gasteiger partial charge >= 0.3 is 10.4 Å². The molecule has 2 rings (SSSR count). The lowest BCUT2D eigenvalue weighted by Crippen LogP contribution is -2.10. The van der Waals surface area contributed by atoms with Crippen molar-refractivity contribution in [3.05, 3.63) is 30.3 Å². The van der Waals surface area contributed by atoms with Gasteiger partial charge in [0.1, 0.15) is 5.75 Å². The summed E-state index contributed by atoms with van der Waals surface area (Å²) in [4.78, 5) is 0.489. The minimum absolute atomic E-state index is 0.00690. The molecule has 21 heavy (non-hydrogen) atoms. The van der Waals surface area contributed by atoms with E-state index >= 15 is 0 Å². The van der Waals surface area contributed by atoms with E-state index in [1.807, 2.05) is 0 Å². The van der Waals surface area contributed by atoms with Crippen LogP contribution in [0.4, 0.5) is 0 Å². The highest BCUT2D eigenvalue weighted by Crippen LogP contribution is 2.37. The van der Waals surface area contributed by atoms with Gasteiger partial charge in [-0.3, -0.25) is 4.57 Å². The second kappa shape index (κ2) is 5.88. The maximum absolute atomic E-state index is 11.2. The topological polar surface area (TPSA) is 98.0 Å². The van der Waals surface area contributed by atoms with E-state index in [1.54, 1.807) is 12.3 Å². The van der Waals surface area contributed by atoms with E-state index in [0.717, 1.165) is 11.7 Å². The summed E-state index contributed by atoms with van der Waals surface area (Å²) >= 11 is 1.26. The minimum Gasteiger partial charge on any atom is -0.494 e. The van der Waals surface area contributed by atoms with Crippen molar-refractivity contribution in [2.45, 2.75) is 4.90 Å². The van der Waals surface area contributed by atoms with Gasteiger partial charge in [0.15, 0.2) is 5.88 Å². The van der Waals surface area contributed by atoms with Crippen molar-refractivity contribution in [2.75, 3.05) is 13.4 Å². The van der Waals surface area contributed by atoms with Crippen LogP contribution < -0.4 is 4.18 Å². The van der Waals surface area contributed by atoms with Crippen LogP contribution in [0.3, 0.4) is 0 Å². The van der Waals surface area contributed by atoms with Crippen LogP contribution in [-0.2, 0) is 14.6 Å². The van der Waals surface area contributed by atoms with E-state index in [4.69, 9.17) is 4.18 Å². The third-order valence-corrected chi connectivity index (χ3v) is 4.16. The SMILES string of the molecule is COS(=O)(=O)Oc1cccc(-n2c(O)cc(SC)c2O)c1. The van der Waals surface area contributed by atoms with E-state index in [2.05, 4.69) is 4.18 Å². The summed E-state index contributed by atoms with van der Waals surface area (Å²) in [7, 11) is -3.15. The van der Waals surface area contributed by atoms with E-state index in [1.165, 1.54) is 36.0 Å². The number of rotatable bonds is 5.